The fraction of sp³-hybridized carbons (Fsp3) is 0.375. The van der Waals surface area contributed by atoms with Crippen molar-refractivity contribution in [1.82, 2.24) is 4.98 Å². The second-order valence-corrected chi connectivity index (χ2v) is 8.55. The number of aliphatic carboxylic acids is 1. The molecule has 0 unspecified atom stereocenters. The minimum Gasteiger partial charge on any atom is -0.479 e. The van der Waals surface area contributed by atoms with Crippen LogP contribution in [0, 0.1) is 13.8 Å². The van der Waals surface area contributed by atoms with Crippen LogP contribution in [0.1, 0.15) is 34.5 Å². The minimum atomic E-state index is -1.87. The first-order valence-electron chi connectivity index (χ1n) is 11.0. The lowest BCUT2D eigenvalue weighted by molar-refractivity contribution is -0.286. The monoisotopic (exact) mass is 486 g/mol. The lowest BCUT2D eigenvalue weighted by atomic mass is 9.99. The van der Waals surface area contributed by atoms with Crippen LogP contribution in [0.5, 0.6) is 0 Å². The highest BCUT2D eigenvalue weighted by Crippen LogP contribution is 2.34. The summed E-state index contributed by atoms with van der Waals surface area (Å²) in [7, 11) is 0. The zero-order valence-corrected chi connectivity index (χ0v) is 19.0. The van der Waals surface area contributed by atoms with Crippen LogP contribution in [0.4, 0.5) is 5.69 Å². The molecule has 1 aromatic carbocycles. The van der Waals surface area contributed by atoms with E-state index in [-0.39, 0.29) is 18.7 Å². The third-order valence-electron chi connectivity index (χ3n) is 6.27. The van der Waals surface area contributed by atoms with Crippen molar-refractivity contribution in [2.24, 2.45) is 0 Å². The van der Waals surface area contributed by atoms with Gasteiger partial charge in [-0.1, -0.05) is 18.2 Å². The van der Waals surface area contributed by atoms with Gasteiger partial charge in [-0.2, -0.15) is 0 Å². The maximum atomic E-state index is 12.4. The summed E-state index contributed by atoms with van der Waals surface area (Å²) in [6.07, 6.45) is -7.23. The second kappa shape index (κ2) is 9.62. The van der Waals surface area contributed by atoms with Gasteiger partial charge in [0.2, 0.25) is 6.29 Å². The lowest BCUT2D eigenvalue weighted by Gasteiger charge is -2.37. The van der Waals surface area contributed by atoms with Gasteiger partial charge in [0.25, 0.3) is 5.91 Å². The Morgan fingerprint density at radius 2 is 1.83 bits per heavy atom. The number of H-pyrrole nitrogens is 1. The quantitative estimate of drug-likeness (QED) is 0.250. The van der Waals surface area contributed by atoms with Gasteiger partial charge in [0, 0.05) is 29.1 Å². The Morgan fingerprint density at radius 3 is 2.54 bits per heavy atom. The standard InChI is InChI=1S/C24H26N2O9/c1-10-12(7-8-17(27)34-24-20(30)18(28)19(29)21(35-24)23(32)33)11(2)25-16(10)9-14-13-5-3-4-6-15(13)26-22(14)31/h3-6,9,18-21,24-25,28-30H,7-8H2,1-2H3,(H,26,31)(H,32,33)/b14-9-/t18-,19-,20+,21-,24+/m0/s1. The smallest absolute Gasteiger partial charge is 0.335 e. The number of benzene rings is 1. The van der Waals surface area contributed by atoms with Gasteiger partial charge in [0.15, 0.2) is 6.10 Å². The number of aryl methyl sites for hydroxylation is 1. The molecule has 0 bridgehead atoms. The van der Waals surface area contributed by atoms with Gasteiger partial charge < -0.3 is 40.2 Å². The molecule has 1 fully saturated rings. The van der Waals surface area contributed by atoms with Crippen molar-refractivity contribution in [3.8, 4) is 0 Å². The van der Waals surface area contributed by atoms with Crippen LogP contribution in [0.25, 0.3) is 11.6 Å². The van der Waals surface area contributed by atoms with Crippen LogP contribution in [0.15, 0.2) is 24.3 Å². The molecule has 0 radical (unpaired) electrons. The summed E-state index contributed by atoms with van der Waals surface area (Å²) in [5, 5.41) is 41.5. The number of carbonyl (C=O) groups excluding carboxylic acids is 2. The summed E-state index contributed by atoms with van der Waals surface area (Å²) < 4.78 is 10.0. The summed E-state index contributed by atoms with van der Waals surface area (Å²) in [5.74, 6) is -2.56. The zero-order valence-electron chi connectivity index (χ0n) is 19.0. The molecule has 11 heteroatoms. The first-order chi connectivity index (χ1) is 16.6. The van der Waals surface area contributed by atoms with E-state index in [2.05, 4.69) is 10.3 Å². The average Bonchev–Trinajstić information content (AvgIpc) is 3.27. The van der Waals surface area contributed by atoms with Crippen molar-refractivity contribution in [1.29, 1.82) is 0 Å². The van der Waals surface area contributed by atoms with Crippen molar-refractivity contribution in [3.05, 3.63) is 52.3 Å². The van der Waals surface area contributed by atoms with Crippen LogP contribution < -0.4 is 5.32 Å². The molecule has 6 N–H and O–H groups in total. The molecular weight excluding hydrogens is 460 g/mol. The largest absolute Gasteiger partial charge is 0.479 e. The molecule has 3 heterocycles. The predicted molar refractivity (Wildman–Crippen MR) is 122 cm³/mol. The van der Waals surface area contributed by atoms with Crippen molar-refractivity contribution in [3.63, 3.8) is 0 Å². The van der Waals surface area contributed by atoms with Gasteiger partial charge in [-0.3, -0.25) is 9.59 Å². The Labute approximate surface area is 200 Å². The van der Waals surface area contributed by atoms with E-state index >= 15 is 0 Å². The third kappa shape index (κ3) is 4.71. The normalized spacial score (nSPS) is 26.9. The molecular formula is C24H26N2O9. The Kier molecular flexibility index (Phi) is 6.77. The molecule has 0 saturated carbocycles. The number of nitrogens with one attached hydrogen (secondary N) is 2. The third-order valence-corrected chi connectivity index (χ3v) is 6.27. The van der Waals surface area contributed by atoms with E-state index < -0.39 is 42.6 Å². The Balaban J connectivity index is 1.44. The fourth-order valence-electron chi connectivity index (χ4n) is 4.33. The molecule has 35 heavy (non-hydrogen) atoms. The molecule has 1 amide bonds. The van der Waals surface area contributed by atoms with Crippen molar-refractivity contribution >= 4 is 35.2 Å². The number of fused-ring (bicyclic) bond motifs is 1. The Bertz CT molecular complexity index is 1200. The predicted octanol–water partition coefficient (Wildman–Crippen LogP) is 0.492. The Morgan fingerprint density at radius 1 is 1.11 bits per heavy atom. The number of aliphatic hydroxyl groups excluding tert-OH is 3. The lowest BCUT2D eigenvalue weighted by Crippen LogP contribution is -2.60. The fourth-order valence-corrected chi connectivity index (χ4v) is 4.33. The van der Waals surface area contributed by atoms with Crippen LogP contribution in [-0.4, -0.2) is 74.0 Å². The van der Waals surface area contributed by atoms with Gasteiger partial charge in [0.1, 0.15) is 18.3 Å². The molecule has 1 aromatic heterocycles. The van der Waals surface area contributed by atoms with Gasteiger partial charge in [-0.25, -0.2) is 4.79 Å². The number of aromatic amines is 1. The minimum absolute atomic E-state index is 0.123. The summed E-state index contributed by atoms with van der Waals surface area (Å²) in [6.45, 7) is 3.69. The molecule has 186 valence electrons. The highest BCUT2D eigenvalue weighted by molar-refractivity contribution is 6.34. The molecule has 0 spiro atoms. The highest BCUT2D eigenvalue weighted by Gasteiger charge is 2.48. The van der Waals surface area contributed by atoms with E-state index in [1.807, 2.05) is 38.1 Å². The van der Waals surface area contributed by atoms with E-state index in [1.54, 1.807) is 6.08 Å². The molecule has 11 nitrogen and oxygen atoms in total. The van der Waals surface area contributed by atoms with Gasteiger partial charge in [0.05, 0.1) is 5.57 Å². The molecule has 4 rings (SSSR count). The number of ether oxygens (including phenoxy) is 2. The van der Waals surface area contributed by atoms with Crippen molar-refractivity contribution < 1.29 is 44.3 Å². The highest BCUT2D eigenvalue weighted by atomic mass is 16.7. The number of anilines is 1. The van der Waals surface area contributed by atoms with E-state index in [4.69, 9.17) is 14.6 Å². The summed E-state index contributed by atoms with van der Waals surface area (Å²) in [4.78, 5) is 39.3. The number of rotatable bonds is 6. The van der Waals surface area contributed by atoms with E-state index in [9.17, 15) is 29.7 Å². The maximum Gasteiger partial charge on any atom is 0.335 e. The number of hydrogen-bond donors (Lipinski definition) is 6. The number of carboxylic acids is 1. The number of carboxylic acid groups (broad SMARTS) is 1. The number of para-hydroxylation sites is 1. The van der Waals surface area contributed by atoms with Gasteiger partial charge >= 0.3 is 11.9 Å². The number of hydrogen-bond acceptors (Lipinski definition) is 8. The number of esters is 1. The second-order valence-electron chi connectivity index (χ2n) is 8.55. The Hall–Kier alpha value is -3.51. The van der Waals surface area contributed by atoms with Gasteiger partial charge in [-0.15, -0.1) is 0 Å². The van der Waals surface area contributed by atoms with Crippen LogP contribution in [0.3, 0.4) is 0 Å². The van der Waals surface area contributed by atoms with Crippen LogP contribution in [-0.2, 0) is 30.3 Å². The number of carbonyl (C=O) groups is 3. The topological polar surface area (TPSA) is 178 Å². The molecule has 2 aliphatic heterocycles. The van der Waals surface area contributed by atoms with E-state index in [0.29, 0.717) is 5.57 Å². The SMILES string of the molecule is Cc1[nH]c(/C=C2\C(=O)Nc3ccccc32)c(C)c1CCC(=O)O[C@@H]1O[C@H](C(=O)O)[C@@H](O)[C@H](O)[C@H]1O. The molecule has 5 atom stereocenters. The zero-order chi connectivity index (χ0) is 25.4. The summed E-state index contributed by atoms with van der Waals surface area (Å²) in [5.41, 5.74) is 5.26. The van der Waals surface area contributed by atoms with Crippen molar-refractivity contribution in [2.75, 3.05) is 5.32 Å². The van der Waals surface area contributed by atoms with Gasteiger partial charge in [-0.05, 0) is 43.5 Å². The summed E-state index contributed by atoms with van der Waals surface area (Å²) in [6, 6.07) is 7.37. The summed E-state index contributed by atoms with van der Waals surface area (Å²) >= 11 is 0. The van der Waals surface area contributed by atoms with E-state index in [1.165, 1.54) is 0 Å². The van der Waals surface area contributed by atoms with Crippen LogP contribution in [0.2, 0.25) is 0 Å². The first-order valence-corrected chi connectivity index (χ1v) is 11.0. The molecule has 1 saturated heterocycles. The molecule has 2 aromatic rings. The first kappa shape index (κ1) is 24.6. The average molecular weight is 486 g/mol. The van der Waals surface area contributed by atoms with E-state index in [0.717, 1.165) is 33.8 Å². The maximum absolute atomic E-state index is 12.4. The molecule has 2 aliphatic rings. The number of aromatic nitrogens is 1. The van der Waals surface area contributed by atoms with Crippen molar-refractivity contribution in [2.45, 2.75) is 57.4 Å². The van der Waals surface area contributed by atoms with Crippen LogP contribution >= 0.6 is 0 Å². The number of aliphatic hydroxyl groups is 3. The number of amides is 1. The molecule has 0 aliphatic carbocycles.